The summed E-state index contributed by atoms with van der Waals surface area (Å²) in [4.78, 5) is 38.2. The van der Waals surface area contributed by atoms with Crippen molar-refractivity contribution in [3.8, 4) is 5.75 Å². The number of esters is 1. The average molecular weight is 424 g/mol. The van der Waals surface area contributed by atoms with Gasteiger partial charge in [-0.3, -0.25) is 0 Å². The first-order chi connectivity index (χ1) is 15.6. The first-order valence-electron chi connectivity index (χ1n) is 9.94. The van der Waals surface area contributed by atoms with E-state index in [1.165, 1.54) is 6.07 Å². The Kier molecular flexibility index (Phi) is 4.88. The minimum absolute atomic E-state index is 0.0678. The van der Waals surface area contributed by atoms with E-state index in [0.717, 1.165) is 5.56 Å². The molecule has 0 aliphatic rings. The summed E-state index contributed by atoms with van der Waals surface area (Å²) in [5.74, 6) is -0.840. The lowest BCUT2D eigenvalue weighted by atomic mass is 10.0. The Labute approximate surface area is 181 Å². The van der Waals surface area contributed by atoms with E-state index < -0.39 is 17.2 Å². The number of para-hydroxylation sites is 2. The highest BCUT2D eigenvalue weighted by Crippen LogP contribution is 2.30. The molecule has 0 saturated heterocycles. The van der Waals surface area contributed by atoms with E-state index >= 15 is 0 Å². The maximum Gasteiger partial charge on any atom is 0.351 e. The maximum absolute atomic E-state index is 13.0. The van der Waals surface area contributed by atoms with Crippen LogP contribution in [0, 0.1) is 0 Å². The summed E-state index contributed by atoms with van der Waals surface area (Å²) in [6.07, 6.45) is 0.197. The molecule has 5 aromatic rings. The number of carbonyl (C=O) groups excluding carboxylic acids is 1. The molecule has 0 atom stereocenters. The molecule has 32 heavy (non-hydrogen) atoms. The fourth-order valence-electron chi connectivity index (χ4n) is 3.58. The largest absolute Gasteiger partial charge is 0.422 e. The Morgan fingerprint density at radius 1 is 0.750 bits per heavy atom. The highest BCUT2D eigenvalue weighted by atomic mass is 16.5. The molecule has 0 amide bonds. The second-order valence-corrected chi connectivity index (χ2v) is 7.23. The Balaban J connectivity index is 1.64. The van der Waals surface area contributed by atoms with E-state index in [-0.39, 0.29) is 28.9 Å². The third-order valence-electron chi connectivity index (χ3n) is 5.13. The summed E-state index contributed by atoms with van der Waals surface area (Å²) in [7, 11) is 0. The molecule has 2 heterocycles. The van der Waals surface area contributed by atoms with Gasteiger partial charge in [-0.15, -0.1) is 0 Å². The van der Waals surface area contributed by atoms with Gasteiger partial charge in [0.1, 0.15) is 16.7 Å². The van der Waals surface area contributed by atoms with Gasteiger partial charge in [0.2, 0.25) is 0 Å². The van der Waals surface area contributed by atoms with E-state index in [1.807, 2.05) is 30.3 Å². The van der Waals surface area contributed by atoms with Gasteiger partial charge in [-0.2, -0.15) is 0 Å². The molecule has 0 radical (unpaired) electrons. The normalized spacial score (nSPS) is 11.0. The van der Waals surface area contributed by atoms with Crippen molar-refractivity contribution < 1.29 is 18.4 Å². The number of ether oxygens (including phenoxy) is 1. The van der Waals surface area contributed by atoms with Crippen LogP contribution in [0.2, 0.25) is 0 Å². The summed E-state index contributed by atoms with van der Waals surface area (Å²) >= 11 is 0. The highest BCUT2D eigenvalue weighted by molar-refractivity contribution is 5.96. The number of fused-ring (bicyclic) bond motifs is 2. The van der Waals surface area contributed by atoms with E-state index in [0.29, 0.717) is 16.4 Å². The SMILES string of the molecule is O=C(Oc1c(Cc2ccccc2)c(=O)oc2ccccc12)c1cc2ccccc2oc1=O. The molecule has 0 saturated carbocycles. The third-order valence-corrected chi connectivity index (χ3v) is 5.13. The minimum Gasteiger partial charge on any atom is -0.422 e. The zero-order valence-electron chi connectivity index (χ0n) is 16.7. The summed E-state index contributed by atoms with van der Waals surface area (Å²) in [6, 6.07) is 24.3. The monoisotopic (exact) mass is 424 g/mol. The fraction of sp³-hybridized carbons (Fsp3) is 0.0385. The third kappa shape index (κ3) is 3.58. The molecule has 6 heteroatoms. The maximum atomic E-state index is 13.0. The number of benzene rings is 3. The van der Waals surface area contributed by atoms with Crippen molar-refractivity contribution in [3.63, 3.8) is 0 Å². The molecule has 5 rings (SSSR count). The lowest BCUT2D eigenvalue weighted by Crippen LogP contribution is -2.21. The van der Waals surface area contributed by atoms with Crippen molar-refractivity contribution >= 4 is 27.9 Å². The standard InChI is InChI=1S/C26H16O6/c27-24-19(14-16-8-2-1-3-9-16)23(18-11-5-7-13-22(18)31-24)32-26(29)20-15-17-10-4-6-12-21(17)30-25(20)28/h1-13,15H,14H2. The quantitative estimate of drug-likeness (QED) is 0.307. The molecule has 156 valence electrons. The van der Waals surface area contributed by atoms with Crippen molar-refractivity contribution in [2.24, 2.45) is 0 Å². The van der Waals surface area contributed by atoms with E-state index in [9.17, 15) is 14.4 Å². The number of hydrogen-bond donors (Lipinski definition) is 0. The lowest BCUT2D eigenvalue weighted by molar-refractivity contribution is 0.0730. The molecule has 0 spiro atoms. The van der Waals surface area contributed by atoms with Crippen molar-refractivity contribution in [1.82, 2.24) is 0 Å². The molecule has 2 aromatic heterocycles. The van der Waals surface area contributed by atoms with Gasteiger partial charge in [-0.25, -0.2) is 14.4 Å². The second kappa shape index (κ2) is 8.00. The van der Waals surface area contributed by atoms with Crippen LogP contribution >= 0.6 is 0 Å². The van der Waals surface area contributed by atoms with Crippen molar-refractivity contribution in [3.05, 3.63) is 122 Å². The topological polar surface area (TPSA) is 86.7 Å². The van der Waals surface area contributed by atoms with Crippen LogP contribution in [-0.4, -0.2) is 5.97 Å². The fourth-order valence-corrected chi connectivity index (χ4v) is 3.58. The van der Waals surface area contributed by atoms with Crippen LogP contribution in [0.4, 0.5) is 0 Å². The molecule has 0 aliphatic carbocycles. The van der Waals surface area contributed by atoms with Crippen molar-refractivity contribution in [1.29, 1.82) is 0 Å². The van der Waals surface area contributed by atoms with E-state index in [1.54, 1.807) is 48.5 Å². The molecule has 0 unspecified atom stereocenters. The number of carbonyl (C=O) groups is 1. The van der Waals surface area contributed by atoms with Crippen LogP contribution in [0.15, 0.2) is 103 Å². The Hall–Kier alpha value is -4.45. The Morgan fingerprint density at radius 3 is 2.22 bits per heavy atom. The summed E-state index contributed by atoms with van der Waals surface area (Å²) < 4.78 is 16.4. The van der Waals surface area contributed by atoms with Crippen LogP contribution in [0.1, 0.15) is 21.5 Å². The van der Waals surface area contributed by atoms with Crippen LogP contribution in [-0.2, 0) is 6.42 Å². The summed E-state index contributed by atoms with van der Waals surface area (Å²) in [6.45, 7) is 0. The van der Waals surface area contributed by atoms with Gasteiger partial charge in [0, 0.05) is 11.8 Å². The number of rotatable bonds is 4. The summed E-state index contributed by atoms with van der Waals surface area (Å²) in [5, 5.41) is 1.04. The predicted molar refractivity (Wildman–Crippen MR) is 119 cm³/mol. The minimum atomic E-state index is -0.908. The molecule has 0 aliphatic heterocycles. The molecule has 0 bridgehead atoms. The van der Waals surface area contributed by atoms with E-state index in [2.05, 4.69) is 0 Å². The molecule has 0 fully saturated rings. The molecular weight excluding hydrogens is 408 g/mol. The second-order valence-electron chi connectivity index (χ2n) is 7.23. The van der Waals surface area contributed by atoms with Crippen LogP contribution in [0.5, 0.6) is 5.75 Å². The van der Waals surface area contributed by atoms with Gasteiger partial charge >= 0.3 is 17.2 Å². The van der Waals surface area contributed by atoms with Crippen molar-refractivity contribution in [2.45, 2.75) is 6.42 Å². The zero-order chi connectivity index (χ0) is 22.1. The first-order valence-corrected chi connectivity index (χ1v) is 9.94. The molecule has 6 nitrogen and oxygen atoms in total. The molecule has 3 aromatic carbocycles. The van der Waals surface area contributed by atoms with Gasteiger partial charge < -0.3 is 13.6 Å². The van der Waals surface area contributed by atoms with E-state index in [4.69, 9.17) is 13.6 Å². The predicted octanol–water partition coefficient (Wildman–Crippen LogP) is 4.71. The van der Waals surface area contributed by atoms with Gasteiger partial charge in [-0.05, 0) is 29.8 Å². The highest BCUT2D eigenvalue weighted by Gasteiger charge is 2.22. The first kappa shape index (κ1) is 19.5. The Morgan fingerprint density at radius 2 is 1.41 bits per heavy atom. The lowest BCUT2D eigenvalue weighted by Gasteiger charge is -2.12. The van der Waals surface area contributed by atoms with Crippen LogP contribution in [0.3, 0.4) is 0 Å². The van der Waals surface area contributed by atoms with Gasteiger partial charge in [0.05, 0.1) is 10.9 Å². The van der Waals surface area contributed by atoms with Gasteiger partial charge in [0.25, 0.3) is 0 Å². The molecule has 0 N–H and O–H groups in total. The van der Waals surface area contributed by atoms with Crippen LogP contribution in [0.25, 0.3) is 21.9 Å². The van der Waals surface area contributed by atoms with Gasteiger partial charge in [-0.1, -0.05) is 60.7 Å². The zero-order valence-corrected chi connectivity index (χ0v) is 16.7. The van der Waals surface area contributed by atoms with Gasteiger partial charge in [0.15, 0.2) is 5.75 Å². The molecular formula is C26H16O6. The Bertz CT molecular complexity index is 1580. The number of hydrogen-bond acceptors (Lipinski definition) is 6. The van der Waals surface area contributed by atoms with Crippen molar-refractivity contribution in [2.75, 3.05) is 0 Å². The summed E-state index contributed by atoms with van der Waals surface area (Å²) in [5.41, 5.74) is -0.00327. The van der Waals surface area contributed by atoms with Crippen LogP contribution < -0.4 is 16.0 Å². The smallest absolute Gasteiger partial charge is 0.351 e. The average Bonchev–Trinajstić information content (AvgIpc) is 2.81.